The zero-order valence-electron chi connectivity index (χ0n) is 15.5. The fourth-order valence-corrected chi connectivity index (χ4v) is 3.26. The number of nitrogens with zero attached hydrogens (tertiary/aromatic N) is 2. The van der Waals surface area contributed by atoms with Crippen molar-refractivity contribution in [3.63, 3.8) is 0 Å². The van der Waals surface area contributed by atoms with Crippen molar-refractivity contribution in [2.75, 3.05) is 11.9 Å². The molecule has 0 amide bonds. The molecule has 0 aliphatic carbocycles. The molecule has 2 aromatic heterocycles. The van der Waals surface area contributed by atoms with Crippen molar-refractivity contribution < 1.29 is 9.84 Å². The van der Waals surface area contributed by atoms with E-state index in [-0.39, 0.29) is 11.8 Å². The third kappa shape index (κ3) is 3.47. The first-order valence-corrected chi connectivity index (χ1v) is 9.24. The molecule has 0 aliphatic heterocycles. The maximum absolute atomic E-state index is 11.0. The van der Waals surface area contributed by atoms with Crippen LogP contribution in [0.15, 0.2) is 79.1 Å². The number of benzene rings is 2. The quantitative estimate of drug-likeness (QED) is 0.503. The maximum atomic E-state index is 11.0. The number of pyridine rings is 2. The van der Waals surface area contributed by atoms with Gasteiger partial charge < -0.3 is 15.2 Å². The van der Waals surface area contributed by atoms with Crippen LogP contribution in [0.1, 0.15) is 24.2 Å². The van der Waals surface area contributed by atoms with Crippen LogP contribution in [0.3, 0.4) is 0 Å². The number of rotatable bonds is 6. The van der Waals surface area contributed by atoms with Gasteiger partial charge in [0.15, 0.2) is 0 Å². The molecule has 0 radical (unpaired) electrons. The van der Waals surface area contributed by atoms with Gasteiger partial charge in [-0.3, -0.25) is 9.97 Å². The average Bonchev–Trinajstić information content (AvgIpc) is 2.75. The zero-order valence-corrected chi connectivity index (χ0v) is 15.5. The number of hydrogen-bond donors (Lipinski definition) is 2. The van der Waals surface area contributed by atoms with E-state index in [1.165, 1.54) is 0 Å². The standard InChI is InChI=1S/C23H21N3O2/c1-2-28-20-11-4-3-9-18(20)26-22(19-10-5-6-14-24-19)17-13-12-16-8-7-15-25-21(16)23(17)27/h3-15,22,26-27H,2H2,1H3/t22-/m0/s1. The number of fused-ring (bicyclic) bond motifs is 1. The van der Waals surface area contributed by atoms with Gasteiger partial charge in [-0.1, -0.05) is 36.4 Å². The van der Waals surface area contributed by atoms with Crippen LogP contribution in [0, 0.1) is 0 Å². The average molecular weight is 371 g/mol. The Bertz CT molecular complexity index is 1080. The summed E-state index contributed by atoms with van der Waals surface area (Å²) in [6, 6.07) is 20.8. The van der Waals surface area contributed by atoms with E-state index in [1.807, 2.05) is 73.7 Å². The highest BCUT2D eigenvalue weighted by molar-refractivity contribution is 5.86. The summed E-state index contributed by atoms with van der Waals surface area (Å²) in [7, 11) is 0. The lowest BCUT2D eigenvalue weighted by atomic mass is 9.99. The first kappa shape index (κ1) is 17.8. The second kappa shape index (κ2) is 7.96. The Morgan fingerprint density at radius 3 is 2.57 bits per heavy atom. The van der Waals surface area contributed by atoms with Crippen molar-refractivity contribution in [3.8, 4) is 11.5 Å². The van der Waals surface area contributed by atoms with Crippen LogP contribution < -0.4 is 10.1 Å². The van der Waals surface area contributed by atoms with E-state index >= 15 is 0 Å². The SMILES string of the molecule is CCOc1ccccc1N[C@H](c1ccccn1)c1ccc2cccnc2c1O. The molecule has 4 aromatic rings. The molecule has 0 saturated heterocycles. The molecular formula is C23H21N3O2. The first-order chi connectivity index (χ1) is 13.8. The Hall–Kier alpha value is -3.60. The molecule has 0 bridgehead atoms. The second-order valence-corrected chi connectivity index (χ2v) is 6.34. The molecule has 0 saturated carbocycles. The first-order valence-electron chi connectivity index (χ1n) is 9.24. The third-order valence-electron chi connectivity index (χ3n) is 4.56. The van der Waals surface area contributed by atoms with Crippen molar-refractivity contribution in [2.45, 2.75) is 13.0 Å². The van der Waals surface area contributed by atoms with Gasteiger partial charge in [0.25, 0.3) is 0 Å². The van der Waals surface area contributed by atoms with Crippen LogP contribution in [-0.4, -0.2) is 21.7 Å². The Kier molecular flexibility index (Phi) is 5.06. The van der Waals surface area contributed by atoms with Gasteiger partial charge in [0.2, 0.25) is 0 Å². The van der Waals surface area contributed by atoms with Gasteiger partial charge in [-0.2, -0.15) is 0 Å². The highest BCUT2D eigenvalue weighted by atomic mass is 16.5. The van der Waals surface area contributed by atoms with Crippen LogP contribution in [0.25, 0.3) is 10.9 Å². The summed E-state index contributed by atoms with van der Waals surface area (Å²) < 4.78 is 5.75. The summed E-state index contributed by atoms with van der Waals surface area (Å²) in [6.45, 7) is 2.52. The summed E-state index contributed by atoms with van der Waals surface area (Å²) in [5.41, 5.74) is 2.90. The van der Waals surface area contributed by atoms with Crippen molar-refractivity contribution in [3.05, 3.63) is 90.4 Å². The summed E-state index contributed by atoms with van der Waals surface area (Å²) >= 11 is 0. The number of ether oxygens (including phenoxy) is 1. The molecule has 140 valence electrons. The molecule has 0 fully saturated rings. The van der Waals surface area contributed by atoms with Gasteiger partial charge in [-0.05, 0) is 37.3 Å². The fraction of sp³-hybridized carbons (Fsp3) is 0.130. The predicted octanol–water partition coefficient (Wildman–Crippen LogP) is 4.94. The Labute approximate surface area is 163 Å². The van der Waals surface area contributed by atoms with E-state index in [4.69, 9.17) is 4.74 Å². The Balaban J connectivity index is 1.83. The second-order valence-electron chi connectivity index (χ2n) is 6.34. The number of aromatic nitrogens is 2. The van der Waals surface area contributed by atoms with E-state index in [9.17, 15) is 5.11 Å². The van der Waals surface area contributed by atoms with Crippen LogP contribution >= 0.6 is 0 Å². The lowest BCUT2D eigenvalue weighted by Crippen LogP contribution is -2.15. The molecule has 2 N–H and O–H groups in total. The Morgan fingerprint density at radius 1 is 0.929 bits per heavy atom. The van der Waals surface area contributed by atoms with Gasteiger partial charge in [0, 0.05) is 23.3 Å². The molecule has 28 heavy (non-hydrogen) atoms. The van der Waals surface area contributed by atoms with Gasteiger partial charge >= 0.3 is 0 Å². The lowest BCUT2D eigenvalue weighted by molar-refractivity contribution is 0.341. The number of anilines is 1. The number of para-hydroxylation sites is 2. The molecule has 0 spiro atoms. The van der Waals surface area contributed by atoms with E-state index in [0.717, 1.165) is 22.5 Å². The van der Waals surface area contributed by atoms with Crippen molar-refractivity contribution >= 4 is 16.6 Å². The monoisotopic (exact) mass is 371 g/mol. The number of aromatic hydroxyl groups is 1. The van der Waals surface area contributed by atoms with E-state index in [1.54, 1.807) is 12.4 Å². The molecule has 4 rings (SSSR count). The zero-order chi connectivity index (χ0) is 19.3. The molecule has 1 atom stereocenters. The molecule has 5 heteroatoms. The summed E-state index contributed by atoms with van der Waals surface area (Å²) in [6.07, 6.45) is 3.42. The summed E-state index contributed by atoms with van der Waals surface area (Å²) in [4.78, 5) is 8.86. The minimum absolute atomic E-state index is 0.148. The highest BCUT2D eigenvalue weighted by Gasteiger charge is 2.22. The number of phenolic OH excluding ortho intramolecular Hbond substituents is 1. The fourth-order valence-electron chi connectivity index (χ4n) is 3.26. The van der Waals surface area contributed by atoms with Crippen LogP contribution in [0.4, 0.5) is 5.69 Å². The minimum Gasteiger partial charge on any atom is -0.505 e. The topological polar surface area (TPSA) is 67.3 Å². The van der Waals surface area contributed by atoms with E-state index < -0.39 is 0 Å². The van der Waals surface area contributed by atoms with Crippen molar-refractivity contribution in [1.29, 1.82) is 0 Å². The van der Waals surface area contributed by atoms with E-state index in [0.29, 0.717) is 17.7 Å². The van der Waals surface area contributed by atoms with Gasteiger partial charge in [0.05, 0.1) is 24.0 Å². The Morgan fingerprint density at radius 2 is 1.75 bits per heavy atom. The molecule has 0 unspecified atom stereocenters. The number of phenols is 1. The molecular weight excluding hydrogens is 350 g/mol. The predicted molar refractivity (Wildman–Crippen MR) is 111 cm³/mol. The van der Waals surface area contributed by atoms with E-state index in [2.05, 4.69) is 15.3 Å². The van der Waals surface area contributed by atoms with Crippen LogP contribution in [-0.2, 0) is 0 Å². The summed E-state index contributed by atoms with van der Waals surface area (Å²) in [5, 5.41) is 15.4. The van der Waals surface area contributed by atoms with Gasteiger partial charge in [0.1, 0.15) is 17.0 Å². The van der Waals surface area contributed by atoms with Gasteiger partial charge in [-0.15, -0.1) is 0 Å². The lowest BCUT2D eigenvalue weighted by Gasteiger charge is -2.23. The molecule has 2 heterocycles. The van der Waals surface area contributed by atoms with Crippen molar-refractivity contribution in [2.24, 2.45) is 0 Å². The van der Waals surface area contributed by atoms with Crippen molar-refractivity contribution in [1.82, 2.24) is 9.97 Å². The van der Waals surface area contributed by atoms with Gasteiger partial charge in [-0.25, -0.2) is 0 Å². The number of nitrogens with one attached hydrogen (secondary N) is 1. The molecule has 2 aromatic carbocycles. The number of hydrogen-bond acceptors (Lipinski definition) is 5. The van der Waals surface area contributed by atoms with Crippen LogP contribution in [0.5, 0.6) is 11.5 Å². The molecule has 5 nitrogen and oxygen atoms in total. The third-order valence-corrected chi connectivity index (χ3v) is 4.56. The smallest absolute Gasteiger partial charge is 0.147 e. The minimum atomic E-state index is -0.366. The largest absolute Gasteiger partial charge is 0.505 e. The highest BCUT2D eigenvalue weighted by Crippen LogP contribution is 2.37. The van der Waals surface area contributed by atoms with Crippen LogP contribution in [0.2, 0.25) is 0 Å². The summed E-state index contributed by atoms with van der Waals surface area (Å²) in [5.74, 6) is 0.902. The normalized spacial score (nSPS) is 11.9. The molecule has 0 aliphatic rings. The maximum Gasteiger partial charge on any atom is 0.147 e.